The molecule has 0 radical (unpaired) electrons. The molecule has 4 aromatic rings. The highest BCUT2D eigenvalue weighted by atomic mass is 32.1. The number of hydrogen-bond acceptors (Lipinski definition) is 7. The standard InChI is InChI=1S/C27H24N2O4S2/c1-4-33-18-8-5-7-17(13-18)24(30)22-23(20-9-6-12-34-20)29(26(32)25(22)31)27-28-19-11-10-16(15(2)3)14-21(19)35-27/h5-15,23,30H,4H2,1-3H3/b24-22+. The van der Waals surface area contributed by atoms with E-state index in [0.717, 1.165) is 15.1 Å². The van der Waals surface area contributed by atoms with E-state index < -0.39 is 17.7 Å². The van der Waals surface area contributed by atoms with Gasteiger partial charge in [-0.3, -0.25) is 14.5 Å². The SMILES string of the molecule is CCOc1cccc(/C(O)=C2\C(=O)C(=O)N(c3nc4ccc(C(C)C)cc4s3)C2c2cccs2)c1. The Balaban J connectivity index is 1.66. The summed E-state index contributed by atoms with van der Waals surface area (Å²) in [6, 6.07) is 15.9. The molecule has 1 unspecified atom stereocenters. The number of carbonyl (C=O) groups is 2. The highest BCUT2D eigenvalue weighted by Gasteiger charge is 2.48. The first-order valence-corrected chi connectivity index (χ1v) is 13.1. The Kier molecular flexibility index (Phi) is 6.17. The van der Waals surface area contributed by atoms with Crippen LogP contribution in [0.25, 0.3) is 16.0 Å². The van der Waals surface area contributed by atoms with E-state index in [1.807, 2.05) is 36.6 Å². The van der Waals surface area contributed by atoms with Crippen molar-refractivity contribution in [1.29, 1.82) is 0 Å². The largest absolute Gasteiger partial charge is 0.507 e. The van der Waals surface area contributed by atoms with Gasteiger partial charge in [0.25, 0.3) is 5.78 Å². The molecule has 6 nitrogen and oxygen atoms in total. The van der Waals surface area contributed by atoms with Crippen molar-refractivity contribution in [1.82, 2.24) is 4.98 Å². The minimum atomic E-state index is -0.768. The minimum absolute atomic E-state index is 0.0493. The smallest absolute Gasteiger partial charge is 0.301 e. The second-order valence-corrected chi connectivity index (χ2v) is 10.5. The second kappa shape index (κ2) is 9.28. The summed E-state index contributed by atoms with van der Waals surface area (Å²) in [7, 11) is 0. The third-order valence-electron chi connectivity index (χ3n) is 5.95. The first kappa shape index (κ1) is 23.3. The van der Waals surface area contributed by atoms with Crippen molar-refractivity contribution < 1.29 is 19.4 Å². The topological polar surface area (TPSA) is 79.7 Å². The van der Waals surface area contributed by atoms with Gasteiger partial charge in [0, 0.05) is 10.4 Å². The third-order valence-corrected chi connectivity index (χ3v) is 7.89. The first-order valence-electron chi connectivity index (χ1n) is 11.4. The molecule has 0 saturated carbocycles. The summed E-state index contributed by atoms with van der Waals surface area (Å²) >= 11 is 2.80. The Morgan fingerprint density at radius 3 is 2.69 bits per heavy atom. The van der Waals surface area contributed by atoms with Crippen molar-refractivity contribution in [3.05, 3.63) is 81.6 Å². The number of rotatable bonds is 6. The van der Waals surface area contributed by atoms with Crippen LogP contribution in [0.4, 0.5) is 5.13 Å². The van der Waals surface area contributed by atoms with Crippen LogP contribution in [0.3, 0.4) is 0 Å². The van der Waals surface area contributed by atoms with Crippen LogP contribution in [-0.4, -0.2) is 28.4 Å². The molecular formula is C27H24N2O4S2. The molecule has 0 spiro atoms. The van der Waals surface area contributed by atoms with Crippen LogP contribution in [0, 0.1) is 0 Å². The third kappa shape index (κ3) is 4.13. The average molecular weight is 505 g/mol. The van der Waals surface area contributed by atoms with E-state index in [1.54, 1.807) is 24.3 Å². The van der Waals surface area contributed by atoms with Gasteiger partial charge in [0.1, 0.15) is 17.6 Å². The predicted molar refractivity (Wildman–Crippen MR) is 140 cm³/mol. The van der Waals surface area contributed by atoms with E-state index in [4.69, 9.17) is 9.72 Å². The van der Waals surface area contributed by atoms with Crippen LogP contribution >= 0.6 is 22.7 Å². The molecule has 1 atom stereocenters. The van der Waals surface area contributed by atoms with Gasteiger partial charge in [0.15, 0.2) is 5.13 Å². The highest BCUT2D eigenvalue weighted by Crippen LogP contribution is 2.45. The van der Waals surface area contributed by atoms with Crippen LogP contribution in [0.2, 0.25) is 0 Å². The monoisotopic (exact) mass is 504 g/mol. The van der Waals surface area contributed by atoms with Crippen molar-refractivity contribution >= 4 is 55.5 Å². The number of aliphatic hydroxyl groups is 1. The van der Waals surface area contributed by atoms with E-state index >= 15 is 0 Å². The highest BCUT2D eigenvalue weighted by molar-refractivity contribution is 7.22. The quantitative estimate of drug-likeness (QED) is 0.184. The number of thiazole rings is 1. The van der Waals surface area contributed by atoms with E-state index in [2.05, 4.69) is 19.9 Å². The summed E-state index contributed by atoms with van der Waals surface area (Å²) in [6.45, 7) is 6.59. The molecule has 1 N–H and O–H groups in total. The molecule has 1 amide bonds. The lowest BCUT2D eigenvalue weighted by atomic mass is 10.00. The number of ether oxygens (including phenoxy) is 1. The van der Waals surface area contributed by atoms with Gasteiger partial charge < -0.3 is 9.84 Å². The molecular weight excluding hydrogens is 480 g/mol. The Hall–Kier alpha value is -3.49. The van der Waals surface area contributed by atoms with E-state index in [-0.39, 0.29) is 11.3 Å². The molecule has 5 rings (SSSR count). The van der Waals surface area contributed by atoms with Gasteiger partial charge in [-0.15, -0.1) is 11.3 Å². The van der Waals surface area contributed by atoms with Crippen molar-refractivity contribution in [2.75, 3.05) is 11.5 Å². The Bertz CT molecular complexity index is 1450. The summed E-state index contributed by atoms with van der Waals surface area (Å²) in [6.07, 6.45) is 0. The number of fused-ring (bicyclic) bond motifs is 1. The van der Waals surface area contributed by atoms with Crippen LogP contribution in [0.1, 0.15) is 48.7 Å². The van der Waals surface area contributed by atoms with Gasteiger partial charge in [-0.25, -0.2) is 4.98 Å². The molecule has 1 saturated heterocycles. The Labute approximate surface area is 211 Å². The zero-order chi connectivity index (χ0) is 24.7. The molecule has 35 heavy (non-hydrogen) atoms. The fraction of sp³-hybridized carbons (Fsp3) is 0.222. The minimum Gasteiger partial charge on any atom is -0.507 e. The number of nitrogens with zero attached hydrogens (tertiary/aromatic N) is 2. The van der Waals surface area contributed by atoms with Gasteiger partial charge in [0.05, 0.1) is 22.4 Å². The summed E-state index contributed by atoms with van der Waals surface area (Å²) in [5, 5.41) is 13.6. The van der Waals surface area contributed by atoms with Gasteiger partial charge in [-0.2, -0.15) is 0 Å². The number of aromatic nitrogens is 1. The first-order chi connectivity index (χ1) is 16.9. The molecule has 0 bridgehead atoms. The maximum atomic E-state index is 13.4. The lowest BCUT2D eigenvalue weighted by molar-refractivity contribution is -0.132. The molecule has 3 heterocycles. The van der Waals surface area contributed by atoms with E-state index in [0.29, 0.717) is 29.0 Å². The van der Waals surface area contributed by atoms with Crippen molar-refractivity contribution in [2.24, 2.45) is 0 Å². The van der Waals surface area contributed by atoms with E-state index in [9.17, 15) is 14.7 Å². The number of benzene rings is 2. The maximum absolute atomic E-state index is 13.4. The molecule has 1 aliphatic rings. The molecule has 2 aromatic heterocycles. The number of carbonyl (C=O) groups excluding carboxylic acids is 2. The van der Waals surface area contributed by atoms with Crippen molar-refractivity contribution in [2.45, 2.75) is 32.7 Å². The van der Waals surface area contributed by atoms with Gasteiger partial charge in [0.2, 0.25) is 0 Å². The summed E-state index contributed by atoms with van der Waals surface area (Å²) < 4.78 is 6.50. The molecule has 1 fully saturated rings. The summed E-state index contributed by atoms with van der Waals surface area (Å²) in [5.41, 5.74) is 2.42. The predicted octanol–water partition coefficient (Wildman–Crippen LogP) is 6.51. The van der Waals surface area contributed by atoms with Crippen molar-refractivity contribution in [3.63, 3.8) is 0 Å². The molecule has 178 valence electrons. The molecule has 1 aliphatic heterocycles. The van der Waals surface area contributed by atoms with Crippen LogP contribution < -0.4 is 9.64 Å². The Morgan fingerprint density at radius 2 is 1.97 bits per heavy atom. The number of aliphatic hydroxyl groups excluding tert-OH is 1. The number of amides is 1. The number of Topliss-reactive ketones (excluding diaryl/α,β-unsaturated/α-hetero) is 1. The van der Waals surface area contributed by atoms with Crippen molar-refractivity contribution in [3.8, 4) is 5.75 Å². The maximum Gasteiger partial charge on any atom is 0.301 e. The molecule has 8 heteroatoms. The number of anilines is 1. The van der Waals surface area contributed by atoms with Gasteiger partial charge >= 0.3 is 5.91 Å². The molecule has 0 aliphatic carbocycles. The van der Waals surface area contributed by atoms with Gasteiger partial charge in [-0.1, -0.05) is 49.4 Å². The van der Waals surface area contributed by atoms with Crippen LogP contribution in [0.15, 0.2) is 65.6 Å². The number of hydrogen-bond donors (Lipinski definition) is 1. The fourth-order valence-electron chi connectivity index (χ4n) is 4.19. The fourth-order valence-corrected chi connectivity index (χ4v) is 6.06. The lowest BCUT2D eigenvalue weighted by Crippen LogP contribution is -2.28. The second-order valence-electron chi connectivity index (χ2n) is 8.52. The molecule has 2 aromatic carbocycles. The average Bonchev–Trinajstić information content (AvgIpc) is 3.57. The summed E-state index contributed by atoms with van der Waals surface area (Å²) in [4.78, 5) is 33.6. The lowest BCUT2D eigenvalue weighted by Gasteiger charge is -2.21. The van der Waals surface area contributed by atoms with E-state index in [1.165, 1.54) is 33.1 Å². The number of ketones is 1. The van der Waals surface area contributed by atoms with Gasteiger partial charge in [-0.05, 0) is 54.1 Å². The Morgan fingerprint density at radius 1 is 1.14 bits per heavy atom. The number of thiophene rings is 1. The summed E-state index contributed by atoms with van der Waals surface area (Å²) in [5.74, 6) is -0.726. The zero-order valence-electron chi connectivity index (χ0n) is 19.5. The van der Waals surface area contributed by atoms with Crippen LogP contribution in [-0.2, 0) is 9.59 Å². The zero-order valence-corrected chi connectivity index (χ0v) is 21.2. The van der Waals surface area contributed by atoms with Crippen LogP contribution in [0.5, 0.6) is 5.75 Å². The normalized spacial score (nSPS) is 17.6.